The second kappa shape index (κ2) is 6.73. The van der Waals surface area contributed by atoms with Crippen LogP contribution in [0.15, 0.2) is 6.20 Å². The number of aryl methyl sites for hydroxylation is 1. The first kappa shape index (κ1) is 14.1. The van der Waals surface area contributed by atoms with Gasteiger partial charge in [-0.1, -0.05) is 12.1 Å². The molecule has 0 radical (unpaired) electrons. The molecule has 100 valence electrons. The lowest BCUT2D eigenvalue weighted by Gasteiger charge is -2.10. The molecule has 1 aromatic heterocycles. The van der Waals surface area contributed by atoms with E-state index in [1.54, 1.807) is 13.1 Å². The third-order valence-electron chi connectivity index (χ3n) is 2.48. The number of nitrogens with zero attached hydrogens (tertiary/aromatic N) is 3. The molecule has 0 spiro atoms. The van der Waals surface area contributed by atoms with E-state index in [1.165, 1.54) is 4.68 Å². The molecule has 7 nitrogen and oxygen atoms in total. The molecule has 1 unspecified atom stereocenters. The number of nitrogens with one attached hydrogen (secondary N) is 1. The van der Waals surface area contributed by atoms with Crippen LogP contribution < -0.4 is 5.32 Å². The van der Waals surface area contributed by atoms with Gasteiger partial charge in [0.05, 0.1) is 12.1 Å². The first-order chi connectivity index (χ1) is 8.54. The van der Waals surface area contributed by atoms with Gasteiger partial charge < -0.3 is 10.4 Å². The number of aliphatic carboxylic acids is 1. The Bertz CT molecular complexity index is 416. The van der Waals surface area contributed by atoms with Crippen molar-refractivity contribution in [1.29, 1.82) is 0 Å². The summed E-state index contributed by atoms with van der Waals surface area (Å²) >= 11 is 0. The van der Waals surface area contributed by atoms with Gasteiger partial charge in [-0.25, -0.2) is 4.68 Å². The number of carbonyl (C=O) groups is 2. The van der Waals surface area contributed by atoms with Crippen LogP contribution in [-0.2, 0) is 16.0 Å². The molecule has 0 aliphatic rings. The van der Waals surface area contributed by atoms with E-state index in [9.17, 15) is 9.59 Å². The summed E-state index contributed by atoms with van der Waals surface area (Å²) in [5.74, 6) is -0.996. The van der Waals surface area contributed by atoms with Crippen molar-refractivity contribution in [2.24, 2.45) is 0 Å². The van der Waals surface area contributed by atoms with Gasteiger partial charge in [0.2, 0.25) is 5.91 Å². The Morgan fingerprint density at radius 1 is 1.56 bits per heavy atom. The Balaban J connectivity index is 2.55. The molecule has 2 N–H and O–H groups in total. The fourth-order valence-corrected chi connectivity index (χ4v) is 1.37. The molecule has 0 saturated carbocycles. The summed E-state index contributed by atoms with van der Waals surface area (Å²) in [5.41, 5.74) is 0.576. The molecule has 1 aromatic rings. The highest BCUT2D eigenvalue weighted by Crippen LogP contribution is 2.06. The second-order valence-electron chi connectivity index (χ2n) is 4.05. The molecule has 0 saturated heterocycles. The molecular weight excluding hydrogens is 236 g/mol. The number of hydrogen-bond acceptors (Lipinski definition) is 4. The van der Waals surface area contributed by atoms with E-state index in [2.05, 4.69) is 15.6 Å². The Morgan fingerprint density at radius 2 is 2.28 bits per heavy atom. The van der Waals surface area contributed by atoms with E-state index in [1.807, 2.05) is 6.92 Å². The molecule has 0 fully saturated rings. The van der Waals surface area contributed by atoms with E-state index in [0.29, 0.717) is 18.7 Å². The Morgan fingerprint density at radius 3 is 2.89 bits per heavy atom. The molecule has 1 rings (SSSR count). The van der Waals surface area contributed by atoms with Crippen LogP contribution in [0.2, 0.25) is 0 Å². The van der Waals surface area contributed by atoms with E-state index in [4.69, 9.17) is 5.11 Å². The normalized spacial score (nSPS) is 12.1. The van der Waals surface area contributed by atoms with Gasteiger partial charge in [-0.2, -0.15) is 0 Å². The van der Waals surface area contributed by atoms with Gasteiger partial charge in [0.25, 0.3) is 0 Å². The van der Waals surface area contributed by atoms with Gasteiger partial charge in [-0.05, 0) is 13.3 Å². The monoisotopic (exact) mass is 254 g/mol. The summed E-state index contributed by atoms with van der Waals surface area (Å²) in [6, 6.07) is -0.442. The Labute approximate surface area is 105 Å². The smallest absolute Gasteiger partial charge is 0.303 e. The third kappa shape index (κ3) is 4.15. The highest BCUT2D eigenvalue weighted by Gasteiger charge is 2.16. The summed E-state index contributed by atoms with van der Waals surface area (Å²) in [6.07, 6.45) is 2.81. The van der Waals surface area contributed by atoms with Crippen LogP contribution in [0, 0.1) is 0 Å². The minimum Gasteiger partial charge on any atom is -0.481 e. The molecular formula is C11H18N4O3. The zero-order valence-corrected chi connectivity index (χ0v) is 10.6. The van der Waals surface area contributed by atoms with Gasteiger partial charge in [-0.15, -0.1) is 5.10 Å². The van der Waals surface area contributed by atoms with Crippen LogP contribution in [0.1, 0.15) is 38.4 Å². The van der Waals surface area contributed by atoms with Crippen molar-refractivity contribution in [3.8, 4) is 0 Å². The van der Waals surface area contributed by atoms with Crippen LogP contribution in [0.5, 0.6) is 0 Å². The van der Waals surface area contributed by atoms with Crippen molar-refractivity contribution in [3.05, 3.63) is 11.9 Å². The fraction of sp³-hybridized carbons (Fsp3) is 0.636. The van der Waals surface area contributed by atoms with Crippen LogP contribution >= 0.6 is 0 Å². The maximum absolute atomic E-state index is 11.7. The SMILES string of the molecule is CCCNC(=O)C(C)n1cc(CCC(=O)O)nn1. The maximum atomic E-state index is 11.7. The first-order valence-corrected chi connectivity index (χ1v) is 5.94. The predicted octanol–water partition coefficient (Wildman–Crippen LogP) is 0.382. The van der Waals surface area contributed by atoms with Crippen LogP contribution in [0.4, 0.5) is 0 Å². The lowest BCUT2D eigenvalue weighted by Crippen LogP contribution is -2.31. The van der Waals surface area contributed by atoms with E-state index in [0.717, 1.165) is 6.42 Å². The molecule has 7 heteroatoms. The maximum Gasteiger partial charge on any atom is 0.303 e. The van der Waals surface area contributed by atoms with Crippen molar-refractivity contribution in [2.45, 2.75) is 39.2 Å². The van der Waals surface area contributed by atoms with Gasteiger partial charge in [-0.3, -0.25) is 9.59 Å². The van der Waals surface area contributed by atoms with Gasteiger partial charge in [0, 0.05) is 19.2 Å². The molecule has 0 aliphatic carbocycles. The zero-order chi connectivity index (χ0) is 13.5. The average molecular weight is 254 g/mol. The van der Waals surface area contributed by atoms with Crippen LogP contribution in [0.25, 0.3) is 0 Å². The average Bonchev–Trinajstić information content (AvgIpc) is 2.81. The Hall–Kier alpha value is -1.92. The van der Waals surface area contributed by atoms with Crippen molar-refractivity contribution in [2.75, 3.05) is 6.54 Å². The van der Waals surface area contributed by atoms with E-state index >= 15 is 0 Å². The third-order valence-corrected chi connectivity index (χ3v) is 2.48. The van der Waals surface area contributed by atoms with Crippen LogP contribution in [0.3, 0.4) is 0 Å². The summed E-state index contributed by atoms with van der Waals surface area (Å²) in [7, 11) is 0. The molecule has 1 amide bonds. The lowest BCUT2D eigenvalue weighted by atomic mass is 10.2. The quantitative estimate of drug-likeness (QED) is 0.733. The summed E-state index contributed by atoms with van der Waals surface area (Å²) in [4.78, 5) is 22.1. The largest absolute Gasteiger partial charge is 0.481 e. The predicted molar refractivity (Wildman–Crippen MR) is 64.0 cm³/mol. The molecule has 0 aromatic carbocycles. The van der Waals surface area contributed by atoms with Crippen molar-refractivity contribution >= 4 is 11.9 Å². The van der Waals surface area contributed by atoms with Gasteiger partial charge in [0.1, 0.15) is 6.04 Å². The number of amides is 1. The first-order valence-electron chi connectivity index (χ1n) is 5.94. The second-order valence-corrected chi connectivity index (χ2v) is 4.05. The van der Waals surface area contributed by atoms with E-state index < -0.39 is 12.0 Å². The molecule has 1 atom stereocenters. The number of carboxylic acids is 1. The standard InChI is InChI=1S/C11H18N4O3/c1-3-6-12-11(18)8(2)15-7-9(13-14-15)4-5-10(16)17/h7-8H,3-6H2,1-2H3,(H,12,18)(H,16,17). The molecule has 0 bridgehead atoms. The topological polar surface area (TPSA) is 97.1 Å². The van der Waals surface area contributed by atoms with Gasteiger partial charge >= 0.3 is 5.97 Å². The summed E-state index contributed by atoms with van der Waals surface area (Å²) in [6.45, 7) is 4.33. The number of rotatable bonds is 7. The van der Waals surface area contributed by atoms with Crippen molar-refractivity contribution in [3.63, 3.8) is 0 Å². The summed E-state index contributed by atoms with van der Waals surface area (Å²) in [5, 5.41) is 19.0. The number of carboxylic acid groups (broad SMARTS) is 1. The zero-order valence-electron chi connectivity index (χ0n) is 10.6. The highest BCUT2D eigenvalue weighted by molar-refractivity contribution is 5.79. The fourth-order valence-electron chi connectivity index (χ4n) is 1.37. The lowest BCUT2D eigenvalue weighted by molar-refractivity contribution is -0.137. The minimum atomic E-state index is -0.877. The highest BCUT2D eigenvalue weighted by atomic mass is 16.4. The Kier molecular flexibility index (Phi) is 5.29. The van der Waals surface area contributed by atoms with E-state index in [-0.39, 0.29) is 12.3 Å². The minimum absolute atomic E-state index is 0.00903. The summed E-state index contributed by atoms with van der Waals surface area (Å²) < 4.78 is 1.45. The number of hydrogen-bond donors (Lipinski definition) is 2. The van der Waals surface area contributed by atoms with Crippen LogP contribution in [-0.4, -0.2) is 38.5 Å². The van der Waals surface area contributed by atoms with Crippen molar-refractivity contribution in [1.82, 2.24) is 20.3 Å². The van der Waals surface area contributed by atoms with Crippen molar-refractivity contribution < 1.29 is 14.7 Å². The number of aromatic nitrogens is 3. The molecule has 0 aliphatic heterocycles. The number of carbonyl (C=O) groups excluding carboxylic acids is 1. The molecule has 18 heavy (non-hydrogen) atoms. The molecule has 1 heterocycles. The van der Waals surface area contributed by atoms with Gasteiger partial charge in [0.15, 0.2) is 0 Å².